The molecule has 0 amide bonds. The van der Waals surface area contributed by atoms with Gasteiger partial charge in [-0.05, 0) is 55.6 Å². The first-order valence-electron chi connectivity index (χ1n) is 11.7. The Morgan fingerprint density at radius 3 is 2.65 bits per heavy atom. The van der Waals surface area contributed by atoms with Gasteiger partial charge in [0.15, 0.2) is 17.1 Å². The number of hydrogen-bond acceptors (Lipinski definition) is 7. The average molecular weight is 460 g/mol. The Morgan fingerprint density at radius 2 is 1.79 bits per heavy atom. The van der Waals surface area contributed by atoms with Crippen molar-refractivity contribution < 1.29 is 14.2 Å². The van der Waals surface area contributed by atoms with Gasteiger partial charge in [-0.1, -0.05) is 26.0 Å². The molecule has 0 saturated carbocycles. The second-order valence-corrected chi connectivity index (χ2v) is 8.00. The molecule has 0 atom stereocenters. The maximum absolute atomic E-state index is 5.95. The summed E-state index contributed by atoms with van der Waals surface area (Å²) in [6.07, 6.45) is 0. The predicted molar refractivity (Wildman–Crippen MR) is 132 cm³/mol. The Kier molecular flexibility index (Phi) is 6.49. The Bertz CT molecular complexity index is 1270. The Labute approximate surface area is 199 Å². The predicted octanol–water partition coefficient (Wildman–Crippen LogP) is 4.63. The van der Waals surface area contributed by atoms with Crippen molar-refractivity contribution in [2.75, 3.05) is 44.8 Å². The van der Waals surface area contributed by atoms with Gasteiger partial charge >= 0.3 is 0 Å². The molecule has 34 heavy (non-hydrogen) atoms. The van der Waals surface area contributed by atoms with Crippen LogP contribution in [0.3, 0.4) is 0 Å². The zero-order valence-corrected chi connectivity index (χ0v) is 19.5. The molecule has 1 aliphatic rings. The molecular formula is C26H29N5O3. The molecule has 2 aromatic carbocycles. The molecule has 0 unspecified atom stereocenters. The summed E-state index contributed by atoms with van der Waals surface area (Å²) in [5.41, 5.74) is 3.53. The van der Waals surface area contributed by atoms with Crippen LogP contribution < -0.4 is 19.5 Å². The Hall–Kier alpha value is -3.78. The fourth-order valence-corrected chi connectivity index (χ4v) is 4.00. The molecule has 0 saturated heterocycles. The maximum atomic E-state index is 5.95. The van der Waals surface area contributed by atoms with E-state index in [0.717, 1.165) is 59.5 Å². The number of anilines is 2. The first-order chi connectivity index (χ1) is 16.7. The summed E-state index contributed by atoms with van der Waals surface area (Å²) in [7, 11) is 0. The van der Waals surface area contributed by atoms with E-state index < -0.39 is 0 Å². The molecule has 8 heteroatoms. The van der Waals surface area contributed by atoms with Crippen LogP contribution in [0, 0.1) is 0 Å². The highest BCUT2D eigenvalue weighted by Crippen LogP contribution is 2.34. The van der Waals surface area contributed by atoms with E-state index in [2.05, 4.69) is 29.0 Å². The molecule has 0 radical (unpaired) electrons. The summed E-state index contributed by atoms with van der Waals surface area (Å²) >= 11 is 0. The summed E-state index contributed by atoms with van der Waals surface area (Å²) in [6.45, 7) is 9.05. The van der Waals surface area contributed by atoms with Gasteiger partial charge in [-0.3, -0.25) is 0 Å². The standard InChI is InChI=1S/C26H29N5O3/c1-3-30(4-2)13-14-32-21-8-5-7-20(18-21)27-26-28-25-10-6-9-22(31(25)29-26)19-11-12-23-24(17-19)34-16-15-33-23/h5-12,17-18H,3-4,13-16H2,1-2H3,(H,27,29). The van der Waals surface area contributed by atoms with Crippen molar-refractivity contribution in [1.29, 1.82) is 0 Å². The number of rotatable bonds is 9. The molecule has 176 valence electrons. The first kappa shape index (κ1) is 22.0. The van der Waals surface area contributed by atoms with Gasteiger partial charge in [0.2, 0.25) is 5.95 Å². The minimum atomic E-state index is 0.519. The van der Waals surface area contributed by atoms with E-state index in [-0.39, 0.29) is 0 Å². The lowest BCUT2D eigenvalue weighted by atomic mass is 10.1. The minimum absolute atomic E-state index is 0.519. The van der Waals surface area contributed by atoms with E-state index in [9.17, 15) is 0 Å². The van der Waals surface area contributed by atoms with E-state index >= 15 is 0 Å². The number of nitrogens with zero attached hydrogens (tertiary/aromatic N) is 4. The van der Waals surface area contributed by atoms with Crippen LogP contribution in [0.25, 0.3) is 16.9 Å². The summed E-state index contributed by atoms with van der Waals surface area (Å²) < 4.78 is 19.2. The van der Waals surface area contributed by atoms with Crippen LogP contribution in [0.15, 0.2) is 60.7 Å². The Morgan fingerprint density at radius 1 is 0.971 bits per heavy atom. The molecule has 0 spiro atoms. The lowest BCUT2D eigenvalue weighted by Crippen LogP contribution is -2.27. The maximum Gasteiger partial charge on any atom is 0.247 e. The first-order valence-corrected chi connectivity index (χ1v) is 11.7. The number of fused-ring (bicyclic) bond motifs is 2. The number of ether oxygens (including phenoxy) is 3. The van der Waals surface area contributed by atoms with Crippen LogP contribution in [-0.2, 0) is 0 Å². The van der Waals surface area contributed by atoms with E-state index in [1.54, 1.807) is 0 Å². The molecule has 5 rings (SSSR count). The van der Waals surface area contributed by atoms with Crippen LogP contribution >= 0.6 is 0 Å². The second kappa shape index (κ2) is 10.0. The third-order valence-corrected chi connectivity index (χ3v) is 5.86. The summed E-state index contributed by atoms with van der Waals surface area (Å²) in [5.74, 6) is 2.85. The average Bonchev–Trinajstić information content (AvgIpc) is 3.29. The fraction of sp³-hybridized carbons (Fsp3) is 0.308. The third-order valence-electron chi connectivity index (χ3n) is 5.86. The van der Waals surface area contributed by atoms with Gasteiger partial charge < -0.3 is 24.4 Å². The quantitative estimate of drug-likeness (QED) is 0.391. The molecule has 3 heterocycles. The highest BCUT2D eigenvalue weighted by Gasteiger charge is 2.15. The number of likely N-dealkylation sites (N-methyl/N-ethyl adjacent to an activating group) is 1. The van der Waals surface area contributed by atoms with Gasteiger partial charge in [0.1, 0.15) is 25.6 Å². The SMILES string of the molecule is CCN(CC)CCOc1cccc(Nc2nc3cccc(-c4ccc5c(c4)OCCO5)n3n2)c1. The highest BCUT2D eigenvalue weighted by molar-refractivity contribution is 5.68. The van der Waals surface area contributed by atoms with Crippen LogP contribution in [0.4, 0.5) is 11.6 Å². The topological polar surface area (TPSA) is 73.2 Å². The number of benzene rings is 2. The minimum Gasteiger partial charge on any atom is -0.492 e. The number of aromatic nitrogens is 3. The summed E-state index contributed by atoms with van der Waals surface area (Å²) in [5, 5.41) is 8.01. The molecule has 1 aliphatic heterocycles. The molecule has 0 aliphatic carbocycles. The molecule has 2 aromatic heterocycles. The van der Waals surface area contributed by atoms with Crippen LogP contribution in [0.2, 0.25) is 0 Å². The van der Waals surface area contributed by atoms with Gasteiger partial charge in [0, 0.05) is 23.9 Å². The van der Waals surface area contributed by atoms with Gasteiger partial charge in [-0.25, -0.2) is 4.52 Å². The van der Waals surface area contributed by atoms with Crippen LogP contribution in [0.1, 0.15) is 13.8 Å². The summed E-state index contributed by atoms with van der Waals surface area (Å²) in [4.78, 5) is 6.99. The number of hydrogen-bond donors (Lipinski definition) is 1. The molecular weight excluding hydrogens is 430 g/mol. The molecule has 8 nitrogen and oxygen atoms in total. The molecule has 1 N–H and O–H groups in total. The Balaban J connectivity index is 1.34. The largest absolute Gasteiger partial charge is 0.492 e. The van der Waals surface area contributed by atoms with Gasteiger partial charge in [0.05, 0.1) is 5.69 Å². The smallest absolute Gasteiger partial charge is 0.247 e. The van der Waals surface area contributed by atoms with Crippen molar-refractivity contribution in [3.63, 3.8) is 0 Å². The van der Waals surface area contributed by atoms with E-state index in [1.807, 2.05) is 65.2 Å². The van der Waals surface area contributed by atoms with Crippen molar-refractivity contribution >= 4 is 17.3 Å². The van der Waals surface area contributed by atoms with Crippen molar-refractivity contribution in [3.05, 3.63) is 60.7 Å². The summed E-state index contributed by atoms with van der Waals surface area (Å²) in [6, 6.07) is 19.7. The van der Waals surface area contributed by atoms with E-state index in [0.29, 0.717) is 25.8 Å². The molecule has 0 fully saturated rings. The monoisotopic (exact) mass is 459 g/mol. The van der Waals surface area contributed by atoms with Crippen molar-refractivity contribution in [2.24, 2.45) is 0 Å². The second-order valence-electron chi connectivity index (χ2n) is 8.00. The normalized spacial score (nSPS) is 12.8. The number of nitrogens with one attached hydrogen (secondary N) is 1. The van der Waals surface area contributed by atoms with Gasteiger partial charge in [-0.15, -0.1) is 5.10 Å². The zero-order chi connectivity index (χ0) is 23.3. The van der Waals surface area contributed by atoms with E-state index in [1.165, 1.54) is 0 Å². The van der Waals surface area contributed by atoms with Gasteiger partial charge in [0.25, 0.3) is 0 Å². The van der Waals surface area contributed by atoms with Crippen LogP contribution in [-0.4, -0.2) is 59.0 Å². The zero-order valence-electron chi connectivity index (χ0n) is 19.5. The molecule has 0 bridgehead atoms. The highest BCUT2D eigenvalue weighted by atomic mass is 16.6. The lowest BCUT2D eigenvalue weighted by molar-refractivity contribution is 0.171. The fourth-order valence-electron chi connectivity index (χ4n) is 4.00. The van der Waals surface area contributed by atoms with Crippen molar-refractivity contribution in [3.8, 4) is 28.5 Å². The van der Waals surface area contributed by atoms with Crippen molar-refractivity contribution in [1.82, 2.24) is 19.5 Å². The van der Waals surface area contributed by atoms with E-state index in [4.69, 9.17) is 19.3 Å². The van der Waals surface area contributed by atoms with Crippen LogP contribution in [0.5, 0.6) is 17.2 Å². The lowest BCUT2D eigenvalue weighted by Gasteiger charge is -2.19. The third kappa shape index (κ3) is 4.77. The number of pyridine rings is 1. The molecule has 4 aromatic rings. The van der Waals surface area contributed by atoms with Crippen molar-refractivity contribution in [2.45, 2.75) is 13.8 Å². The van der Waals surface area contributed by atoms with Gasteiger partial charge in [-0.2, -0.15) is 4.98 Å².